The zero-order valence-electron chi connectivity index (χ0n) is 12.4. The molecule has 0 amide bonds. The maximum atomic E-state index is 11.0. The van der Waals surface area contributed by atoms with Crippen LogP contribution in [0.4, 0.5) is 0 Å². The van der Waals surface area contributed by atoms with Gasteiger partial charge in [-0.1, -0.05) is 19.9 Å². The maximum Gasteiger partial charge on any atom is 0.335 e. The number of hydrogen-bond donors (Lipinski definition) is 1. The maximum absolute atomic E-state index is 11.0. The minimum absolute atomic E-state index is 0.397. The van der Waals surface area contributed by atoms with Crippen molar-refractivity contribution in [3.63, 3.8) is 0 Å². The molecule has 0 aromatic heterocycles. The number of nitrogens with zero attached hydrogens (tertiary/aromatic N) is 2. The van der Waals surface area contributed by atoms with Crippen LogP contribution in [0.5, 0.6) is 0 Å². The minimum atomic E-state index is -0.840. The number of hydrogen-bond acceptors (Lipinski definition) is 3. The Morgan fingerprint density at radius 3 is 2.60 bits per heavy atom. The highest BCUT2D eigenvalue weighted by Crippen LogP contribution is 2.23. The number of benzene rings is 1. The Hall–Kier alpha value is -1.39. The van der Waals surface area contributed by atoms with Crippen molar-refractivity contribution >= 4 is 5.97 Å². The lowest BCUT2D eigenvalue weighted by molar-refractivity contribution is 0.0696. The molecule has 1 N–H and O–H groups in total. The van der Waals surface area contributed by atoms with Crippen molar-refractivity contribution < 1.29 is 9.90 Å². The summed E-state index contributed by atoms with van der Waals surface area (Å²) in [5.74, 6) is -0.840. The first kappa shape index (κ1) is 15.0. The van der Waals surface area contributed by atoms with Gasteiger partial charge in [-0.05, 0) is 49.3 Å². The summed E-state index contributed by atoms with van der Waals surface area (Å²) < 4.78 is 0. The Balaban J connectivity index is 1.85. The number of rotatable bonds is 7. The van der Waals surface area contributed by atoms with E-state index in [1.807, 2.05) is 12.1 Å². The molecule has 0 spiro atoms. The van der Waals surface area contributed by atoms with E-state index in [1.54, 1.807) is 6.07 Å². The number of aromatic carboxylic acids is 1. The second-order valence-corrected chi connectivity index (χ2v) is 5.38. The molecule has 0 bridgehead atoms. The highest BCUT2D eigenvalue weighted by Gasteiger charge is 2.19. The molecule has 20 heavy (non-hydrogen) atoms. The molecule has 1 aliphatic rings. The topological polar surface area (TPSA) is 43.8 Å². The van der Waals surface area contributed by atoms with Crippen LogP contribution in [0.15, 0.2) is 18.2 Å². The lowest BCUT2D eigenvalue weighted by atomic mass is 10.1. The molecule has 1 heterocycles. The summed E-state index contributed by atoms with van der Waals surface area (Å²) in [5.41, 5.74) is 2.85. The van der Waals surface area contributed by atoms with Gasteiger partial charge in [0.2, 0.25) is 0 Å². The summed E-state index contributed by atoms with van der Waals surface area (Å²) in [5, 5.41) is 9.02. The number of carboxylic acids is 1. The number of fused-ring (bicyclic) bond motifs is 1. The standard InChI is InChI=1S/C16H24N2O2/c1-3-17(4-2)8-5-9-18-11-14-7-6-13(16(19)20)10-15(14)12-18/h6-7,10H,3-5,8-9,11-12H2,1-2H3,(H,19,20). The van der Waals surface area contributed by atoms with E-state index in [4.69, 9.17) is 5.11 Å². The molecule has 4 nitrogen and oxygen atoms in total. The smallest absolute Gasteiger partial charge is 0.335 e. The average molecular weight is 276 g/mol. The monoisotopic (exact) mass is 276 g/mol. The zero-order valence-corrected chi connectivity index (χ0v) is 12.4. The van der Waals surface area contributed by atoms with Crippen LogP contribution in [0.1, 0.15) is 41.8 Å². The van der Waals surface area contributed by atoms with E-state index in [-0.39, 0.29) is 0 Å². The van der Waals surface area contributed by atoms with Crippen LogP contribution in [0, 0.1) is 0 Å². The molecule has 0 fully saturated rings. The first-order valence-corrected chi connectivity index (χ1v) is 7.43. The van der Waals surface area contributed by atoms with E-state index in [9.17, 15) is 4.79 Å². The third kappa shape index (κ3) is 3.58. The molecule has 0 saturated heterocycles. The van der Waals surface area contributed by atoms with Crippen LogP contribution in [0.3, 0.4) is 0 Å². The summed E-state index contributed by atoms with van der Waals surface area (Å²) in [6, 6.07) is 5.49. The van der Waals surface area contributed by atoms with Crippen LogP contribution >= 0.6 is 0 Å². The Morgan fingerprint density at radius 2 is 1.95 bits per heavy atom. The van der Waals surface area contributed by atoms with Gasteiger partial charge in [-0.25, -0.2) is 4.79 Å². The van der Waals surface area contributed by atoms with Crippen molar-refractivity contribution in [3.05, 3.63) is 34.9 Å². The van der Waals surface area contributed by atoms with E-state index < -0.39 is 5.97 Å². The summed E-state index contributed by atoms with van der Waals surface area (Å²) in [6.07, 6.45) is 1.17. The van der Waals surface area contributed by atoms with Gasteiger partial charge in [-0.15, -0.1) is 0 Å². The first-order chi connectivity index (χ1) is 9.63. The van der Waals surface area contributed by atoms with E-state index in [0.29, 0.717) is 5.56 Å². The minimum Gasteiger partial charge on any atom is -0.478 e. The Bertz CT molecular complexity index is 470. The molecule has 0 unspecified atom stereocenters. The van der Waals surface area contributed by atoms with Gasteiger partial charge in [0.1, 0.15) is 0 Å². The summed E-state index contributed by atoms with van der Waals surface area (Å²) in [7, 11) is 0. The molecule has 1 aliphatic heterocycles. The third-order valence-corrected chi connectivity index (χ3v) is 4.08. The van der Waals surface area contributed by atoms with E-state index in [0.717, 1.165) is 39.3 Å². The first-order valence-electron chi connectivity index (χ1n) is 7.43. The lowest BCUT2D eigenvalue weighted by Gasteiger charge is -2.20. The Kier molecular flexibility index (Phi) is 5.15. The number of carbonyl (C=O) groups is 1. The number of carboxylic acid groups (broad SMARTS) is 1. The molecular weight excluding hydrogens is 252 g/mol. The second kappa shape index (κ2) is 6.86. The fourth-order valence-corrected chi connectivity index (χ4v) is 2.81. The van der Waals surface area contributed by atoms with Gasteiger partial charge in [-0.2, -0.15) is 0 Å². The average Bonchev–Trinajstić information content (AvgIpc) is 2.85. The molecular formula is C16H24N2O2. The fraction of sp³-hybridized carbons (Fsp3) is 0.562. The van der Waals surface area contributed by atoms with Gasteiger partial charge in [0.25, 0.3) is 0 Å². The van der Waals surface area contributed by atoms with E-state index >= 15 is 0 Å². The summed E-state index contributed by atoms with van der Waals surface area (Å²) >= 11 is 0. The molecule has 1 aromatic rings. The Morgan fingerprint density at radius 1 is 1.25 bits per heavy atom. The van der Waals surface area contributed by atoms with Gasteiger partial charge in [0.05, 0.1) is 5.56 Å². The highest BCUT2D eigenvalue weighted by atomic mass is 16.4. The Labute approximate surface area is 121 Å². The molecule has 4 heteroatoms. The van der Waals surface area contributed by atoms with Crippen molar-refractivity contribution in [3.8, 4) is 0 Å². The predicted octanol–water partition coefficient (Wildman–Crippen LogP) is 2.43. The van der Waals surface area contributed by atoms with Gasteiger partial charge >= 0.3 is 5.97 Å². The summed E-state index contributed by atoms with van der Waals surface area (Å²) in [4.78, 5) is 15.8. The zero-order chi connectivity index (χ0) is 14.5. The van der Waals surface area contributed by atoms with Crippen molar-refractivity contribution in [1.82, 2.24) is 9.80 Å². The molecule has 0 atom stereocenters. The van der Waals surface area contributed by atoms with Crippen LogP contribution < -0.4 is 0 Å². The van der Waals surface area contributed by atoms with Crippen molar-refractivity contribution in [1.29, 1.82) is 0 Å². The highest BCUT2D eigenvalue weighted by molar-refractivity contribution is 5.87. The van der Waals surface area contributed by atoms with Crippen LogP contribution in [-0.2, 0) is 13.1 Å². The van der Waals surface area contributed by atoms with Crippen molar-refractivity contribution in [2.75, 3.05) is 26.2 Å². The van der Waals surface area contributed by atoms with E-state index in [1.165, 1.54) is 17.5 Å². The van der Waals surface area contributed by atoms with Gasteiger partial charge in [0, 0.05) is 19.6 Å². The van der Waals surface area contributed by atoms with Crippen molar-refractivity contribution in [2.24, 2.45) is 0 Å². The fourth-order valence-electron chi connectivity index (χ4n) is 2.81. The van der Waals surface area contributed by atoms with Gasteiger partial charge in [-0.3, -0.25) is 4.90 Å². The van der Waals surface area contributed by atoms with E-state index in [2.05, 4.69) is 23.6 Å². The third-order valence-electron chi connectivity index (χ3n) is 4.08. The molecule has 0 aliphatic carbocycles. The quantitative estimate of drug-likeness (QED) is 0.830. The van der Waals surface area contributed by atoms with Crippen LogP contribution in [0.2, 0.25) is 0 Å². The second-order valence-electron chi connectivity index (χ2n) is 5.38. The summed E-state index contributed by atoms with van der Waals surface area (Å²) in [6.45, 7) is 10.7. The van der Waals surface area contributed by atoms with Gasteiger partial charge < -0.3 is 10.0 Å². The molecule has 0 saturated carbocycles. The van der Waals surface area contributed by atoms with Gasteiger partial charge in [0.15, 0.2) is 0 Å². The normalized spacial score (nSPS) is 14.8. The van der Waals surface area contributed by atoms with Crippen molar-refractivity contribution in [2.45, 2.75) is 33.4 Å². The largest absolute Gasteiger partial charge is 0.478 e. The molecule has 1 aromatic carbocycles. The molecule has 0 radical (unpaired) electrons. The molecule has 2 rings (SSSR count). The van der Waals surface area contributed by atoms with Crippen LogP contribution in [-0.4, -0.2) is 47.1 Å². The predicted molar refractivity (Wildman–Crippen MR) is 79.9 cm³/mol. The molecule has 110 valence electrons. The van der Waals surface area contributed by atoms with Crippen LogP contribution in [0.25, 0.3) is 0 Å². The SMILES string of the molecule is CCN(CC)CCCN1Cc2ccc(C(=O)O)cc2C1. The lowest BCUT2D eigenvalue weighted by Crippen LogP contribution is -2.27.